The number of aliphatic hydroxyl groups excluding tert-OH is 1. The predicted octanol–water partition coefficient (Wildman–Crippen LogP) is 1.47. The third-order valence-electron chi connectivity index (χ3n) is 4.45. The van der Waals surface area contributed by atoms with Crippen LogP contribution in [0.15, 0.2) is 0 Å². The molecule has 0 heterocycles. The van der Waals surface area contributed by atoms with Gasteiger partial charge in [0.1, 0.15) is 0 Å². The minimum atomic E-state index is -0.00216. The van der Waals surface area contributed by atoms with Gasteiger partial charge in [-0.1, -0.05) is 6.42 Å². The Labute approximate surface area is 100 Å². The third kappa shape index (κ3) is 2.96. The molecule has 1 saturated carbocycles. The summed E-state index contributed by atoms with van der Waals surface area (Å²) in [6.45, 7) is 5.86. The smallest absolute Gasteiger partial charge is 0.0615 e. The van der Waals surface area contributed by atoms with Crippen LogP contribution < -0.4 is 5.32 Å². The largest absolute Gasteiger partial charge is 0.394 e. The molecule has 1 rings (SSSR count). The van der Waals surface area contributed by atoms with Crippen molar-refractivity contribution in [2.75, 3.05) is 27.2 Å². The Kier molecular flexibility index (Phi) is 5.22. The molecule has 0 amide bonds. The molecule has 1 aliphatic carbocycles. The Morgan fingerprint density at radius 1 is 1.50 bits per heavy atom. The first-order valence-electron chi connectivity index (χ1n) is 6.55. The summed E-state index contributed by atoms with van der Waals surface area (Å²) in [6, 6.07) is 0.611. The van der Waals surface area contributed by atoms with Crippen LogP contribution in [0.4, 0.5) is 0 Å². The van der Waals surface area contributed by atoms with E-state index in [1.807, 2.05) is 7.05 Å². The van der Waals surface area contributed by atoms with E-state index in [0.29, 0.717) is 12.0 Å². The second kappa shape index (κ2) is 5.99. The van der Waals surface area contributed by atoms with Gasteiger partial charge in [-0.25, -0.2) is 0 Å². The minimum absolute atomic E-state index is 0.00216. The van der Waals surface area contributed by atoms with Crippen molar-refractivity contribution in [3.63, 3.8) is 0 Å². The van der Waals surface area contributed by atoms with E-state index in [1.165, 1.54) is 19.3 Å². The van der Waals surface area contributed by atoms with Crippen LogP contribution >= 0.6 is 0 Å². The fourth-order valence-electron chi connectivity index (χ4n) is 2.80. The molecule has 3 nitrogen and oxygen atoms in total. The molecule has 0 aromatic heterocycles. The highest BCUT2D eigenvalue weighted by Gasteiger charge is 2.40. The molecule has 3 heteroatoms. The molecule has 0 aliphatic heterocycles. The SMILES string of the molecule is CNC1(CO)CCCC1CCN(C)C(C)C. The quantitative estimate of drug-likeness (QED) is 0.722. The van der Waals surface area contributed by atoms with Gasteiger partial charge in [0.25, 0.3) is 0 Å². The molecule has 16 heavy (non-hydrogen) atoms. The zero-order valence-electron chi connectivity index (χ0n) is 11.3. The maximum atomic E-state index is 9.59. The molecule has 0 aromatic carbocycles. The van der Waals surface area contributed by atoms with Crippen LogP contribution in [0.25, 0.3) is 0 Å². The lowest BCUT2D eigenvalue weighted by atomic mass is 9.85. The number of nitrogens with zero attached hydrogens (tertiary/aromatic N) is 1. The normalized spacial score (nSPS) is 30.6. The minimum Gasteiger partial charge on any atom is -0.394 e. The van der Waals surface area contributed by atoms with Crippen LogP contribution in [-0.4, -0.2) is 48.8 Å². The van der Waals surface area contributed by atoms with Gasteiger partial charge in [-0.15, -0.1) is 0 Å². The molecule has 1 fully saturated rings. The van der Waals surface area contributed by atoms with Crippen LogP contribution in [0.1, 0.15) is 39.5 Å². The summed E-state index contributed by atoms with van der Waals surface area (Å²) >= 11 is 0. The Bertz CT molecular complexity index is 202. The second-order valence-corrected chi connectivity index (χ2v) is 5.52. The van der Waals surface area contributed by atoms with E-state index in [2.05, 4.69) is 31.1 Å². The summed E-state index contributed by atoms with van der Waals surface area (Å²) in [5, 5.41) is 12.9. The van der Waals surface area contributed by atoms with Gasteiger partial charge in [-0.3, -0.25) is 0 Å². The third-order valence-corrected chi connectivity index (χ3v) is 4.45. The number of rotatable bonds is 6. The van der Waals surface area contributed by atoms with E-state index >= 15 is 0 Å². The number of aliphatic hydroxyl groups is 1. The molecular formula is C13H28N2O. The lowest BCUT2D eigenvalue weighted by Crippen LogP contribution is -2.50. The summed E-state index contributed by atoms with van der Waals surface area (Å²) in [7, 11) is 4.17. The lowest BCUT2D eigenvalue weighted by Gasteiger charge is -2.35. The number of hydrogen-bond acceptors (Lipinski definition) is 3. The Morgan fingerprint density at radius 2 is 2.19 bits per heavy atom. The molecule has 1 aliphatic rings. The van der Waals surface area contributed by atoms with Crippen molar-refractivity contribution in [1.29, 1.82) is 0 Å². The molecule has 2 unspecified atom stereocenters. The van der Waals surface area contributed by atoms with Crippen molar-refractivity contribution < 1.29 is 5.11 Å². The van der Waals surface area contributed by atoms with Gasteiger partial charge >= 0.3 is 0 Å². The van der Waals surface area contributed by atoms with E-state index in [0.717, 1.165) is 13.0 Å². The highest BCUT2D eigenvalue weighted by atomic mass is 16.3. The van der Waals surface area contributed by atoms with E-state index in [4.69, 9.17) is 0 Å². The Hall–Kier alpha value is -0.120. The van der Waals surface area contributed by atoms with Crippen LogP contribution in [0.5, 0.6) is 0 Å². The van der Waals surface area contributed by atoms with E-state index in [-0.39, 0.29) is 12.1 Å². The first kappa shape index (κ1) is 13.9. The summed E-state index contributed by atoms with van der Waals surface area (Å²) in [5.74, 6) is 0.628. The lowest BCUT2D eigenvalue weighted by molar-refractivity contribution is 0.118. The molecule has 2 N–H and O–H groups in total. The summed E-state index contributed by atoms with van der Waals surface area (Å²) in [6.07, 6.45) is 4.82. The van der Waals surface area contributed by atoms with Gasteiger partial charge in [0.05, 0.1) is 6.61 Å². The predicted molar refractivity (Wildman–Crippen MR) is 68.6 cm³/mol. The fraction of sp³-hybridized carbons (Fsp3) is 1.00. The van der Waals surface area contributed by atoms with Crippen molar-refractivity contribution in [2.45, 2.75) is 51.1 Å². The number of likely N-dealkylation sites (N-methyl/N-ethyl adjacent to an activating group) is 1. The number of hydrogen-bond donors (Lipinski definition) is 2. The molecule has 0 bridgehead atoms. The van der Waals surface area contributed by atoms with Gasteiger partial charge < -0.3 is 15.3 Å². The topological polar surface area (TPSA) is 35.5 Å². The van der Waals surface area contributed by atoms with Crippen molar-refractivity contribution >= 4 is 0 Å². The first-order valence-corrected chi connectivity index (χ1v) is 6.55. The Morgan fingerprint density at radius 3 is 2.69 bits per heavy atom. The monoisotopic (exact) mass is 228 g/mol. The second-order valence-electron chi connectivity index (χ2n) is 5.52. The van der Waals surface area contributed by atoms with E-state index in [9.17, 15) is 5.11 Å². The average molecular weight is 228 g/mol. The van der Waals surface area contributed by atoms with Gasteiger partial charge in [0.15, 0.2) is 0 Å². The van der Waals surface area contributed by atoms with Crippen LogP contribution in [0, 0.1) is 5.92 Å². The summed E-state index contributed by atoms with van der Waals surface area (Å²) in [4.78, 5) is 2.39. The zero-order valence-corrected chi connectivity index (χ0v) is 11.3. The fourth-order valence-corrected chi connectivity index (χ4v) is 2.80. The van der Waals surface area contributed by atoms with Crippen molar-refractivity contribution in [3.05, 3.63) is 0 Å². The van der Waals surface area contributed by atoms with E-state index in [1.54, 1.807) is 0 Å². The molecule has 2 atom stereocenters. The molecule has 0 aromatic rings. The standard InChI is InChI=1S/C13H28N2O/c1-11(2)15(4)9-7-12-6-5-8-13(12,10-16)14-3/h11-12,14,16H,5-10H2,1-4H3. The molecule has 0 radical (unpaired) electrons. The molecule has 0 spiro atoms. The first-order chi connectivity index (χ1) is 7.55. The van der Waals surface area contributed by atoms with Gasteiger partial charge in [-0.2, -0.15) is 0 Å². The van der Waals surface area contributed by atoms with E-state index < -0.39 is 0 Å². The highest BCUT2D eigenvalue weighted by Crippen LogP contribution is 2.37. The van der Waals surface area contributed by atoms with Crippen molar-refractivity contribution in [1.82, 2.24) is 10.2 Å². The zero-order chi connectivity index (χ0) is 12.2. The van der Waals surface area contributed by atoms with Crippen LogP contribution in [0.3, 0.4) is 0 Å². The maximum Gasteiger partial charge on any atom is 0.0615 e. The van der Waals surface area contributed by atoms with Crippen molar-refractivity contribution in [3.8, 4) is 0 Å². The van der Waals surface area contributed by atoms with Crippen LogP contribution in [0.2, 0.25) is 0 Å². The van der Waals surface area contributed by atoms with Gasteiger partial charge in [0.2, 0.25) is 0 Å². The van der Waals surface area contributed by atoms with Crippen molar-refractivity contribution in [2.24, 2.45) is 5.92 Å². The molecule has 0 saturated heterocycles. The highest BCUT2D eigenvalue weighted by molar-refractivity contribution is 4.98. The number of nitrogens with one attached hydrogen (secondary N) is 1. The van der Waals surface area contributed by atoms with Crippen LogP contribution in [-0.2, 0) is 0 Å². The average Bonchev–Trinajstić information content (AvgIpc) is 2.69. The summed E-state index contributed by atoms with van der Waals surface area (Å²) in [5.41, 5.74) is -0.00216. The molecule has 96 valence electrons. The Balaban J connectivity index is 2.47. The summed E-state index contributed by atoms with van der Waals surface area (Å²) < 4.78 is 0. The molecular weight excluding hydrogens is 200 g/mol. The maximum absolute atomic E-state index is 9.59. The van der Waals surface area contributed by atoms with Gasteiger partial charge in [-0.05, 0) is 59.7 Å². The van der Waals surface area contributed by atoms with Gasteiger partial charge in [0, 0.05) is 11.6 Å².